The lowest BCUT2D eigenvalue weighted by molar-refractivity contribution is -0.179. The zero-order valence-corrected chi connectivity index (χ0v) is 18.5. The molecule has 0 spiro atoms. The summed E-state index contributed by atoms with van der Waals surface area (Å²) >= 11 is 0. The second kappa shape index (κ2) is 9.88. The molecule has 29 heavy (non-hydrogen) atoms. The lowest BCUT2D eigenvalue weighted by Crippen LogP contribution is -2.54. The first-order valence-electron chi connectivity index (χ1n) is 11.3. The highest BCUT2D eigenvalue weighted by Crippen LogP contribution is 2.52. The monoisotopic (exact) mass is 412 g/mol. The molecule has 2 rings (SSSR count). The fourth-order valence-corrected chi connectivity index (χ4v) is 5.87. The molecule has 2 aliphatic carbocycles. The Hall–Kier alpha value is -0.980. The molecule has 0 radical (unpaired) electrons. The SMILES string of the molecule is CC[C@]1(CO)C[C@@H](OC(=O)CO)[C@@](C)(C2CCCC2=O)[C@H](C)CCCC(C)C1O. The number of ketones is 1. The zero-order chi connectivity index (χ0) is 21.8. The van der Waals surface area contributed by atoms with Crippen LogP contribution in [0.4, 0.5) is 0 Å². The average Bonchev–Trinajstić information content (AvgIpc) is 3.15. The molecule has 0 bridgehead atoms. The van der Waals surface area contributed by atoms with E-state index in [0.29, 0.717) is 12.8 Å². The van der Waals surface area contributed by atoms with E-state index in [4.69, 9.17) is 4.74 Å². The molecule has 2 fully saturated rings. The fraction of sp³-hybridized carbons (Fsp3) is 0.913. The van der Waals surface area contributed by atoms with Gasteiger partial charge in [-0.3, -0.25) is 4.79 Å². The molecule has 0 aromatic heterocycles. The van der Waals surface area contributed by atoms with E-state index in [-0.39, 0.29) is 36.6 Å². The van der Waals surface area contributed by atoms with Crippen LogP contribution in [0.25, 0.3) is 0 Å². The first kappa shape index (κ1) is 24.3. The summed E-state index contributed by atoms with van der Waals surface area (Å²) in [5.41, 5.74) is -1.42. The van der Waals surface area contributed by atoms with E-state index in [2.05, 4.69) is 6.92 Å². The third-order valence-electron chi connectivity index (χ3n) is 8.29. The van der Waals surface area contributed by atoms with Gasteiger partial charge in [0.2, 0.25) is 0 Å². The number of hydrogen-bond acceptors (Lipinski definition) is 6. The van der Waals surface area contributed by atoms with Crippen LogP contribution in [0.2, 0.25) is 0 Å². The normalized spacial score (nSPS) is 41.9. The molecule has 2 saturated carbocycles. The number of rotatable bonds is 5. The number of Topliss-reactive ketones (excluding diaryl/α,β-unsaturated/α-hetero) is 1. The second-order valence-corrected chi connectivity index (χ2v) is 9.75. The summed E-state index contributed by atoms with van der Waals surface area (Å²) in [6, 6.07) is 0. The van der Waals surface area contributed by atoms with Gasteiger partial charge in [0.15, 0.2) is 0 Å². The maximum atomic E-state index is 12.8. The van der Waals surface area contributed by atoms with E-state index >= 15 is 0 Å². The van der Waals surface area contributed by atoms with Crippen molar-refractivity contribution in [3.8, 4) is 0 Å². The van der Waals surface area contributed by atoms with Crippen molar-refractivity contribution in [3.63, 3.8) is 0 Å². The van der Waals surface area contributed by atoms with Crippen molar-refractivity contribution in [3.05, 3.63) is 0 Å². The van der Waals surface area contributed by atoms with Crippen LogP contribution in [0.5, 0.6) is 0 Å². The van der Waals surface area contributed by atoms with Crippen molar-refractivity contribution in [1.29, 1.82) is 0 Å². The smallest absolute Gasteiger partial charge is 0.332 e. The molecule has 3 N–H and O–H groups in total. The minimum Gasteiger partial charge on any atom is -0.460 e. The largest absolute Gasteiger partial charge is 0.460 e. The van der Waals surface area contributed by atoms with E-state index in [1.807, 2.05) is 20.8 Å². The highest BCUT2D eigenvalue weighted by Gasteiger charge is 2.54. The molecule has 0 aromatic carbocycles. The van der Waals surface area contributed by atoms with Crippen LogP contribution in [0, 0.1) is 28.6 Å². The van der Waals surface area contributed by atoms with Gasteiger partial charge in [-0.25, -0.2) is 4.79 Å². The molecule has 3 unspecified atom stereocenters. The molecule has 0 aliphatic heterocycles. The lowest BCUT2D eigenvalue weighted by atomic mass is 9.57. The van der Waals surface area contributed by atoms with Crippen molar-refractivity contribution in [2.75, 3.05) is 13.2 Å². The first-order valence-corrected chi connectivity index (χ1v) is 11.3. The number of hydrogen-bond donors (Lipinski definition) is 3. The minimum atomic E-state index is -0.820. The number of ether oxygens (including phenoxy) is 1. The van der Waals surface area contributed by atoms with Gasteiger partial charge in [-0.1, -0.05) is 40.5 Å². The first-order chi connectivity index (χ1) is 13.7. The summed E-state index contributed by atoms with van der Waals surface area (Å²) in [4.78, 5) is 25.0. The van der Waals surface area contributed by atoms with Crippen LogP contribution in [-0.4, -0.2) is 52.5 Å². The maximum Gasteiger partial charge on any atom is 0.332 e. The number of aliphatic hydroxyl groups is 3. The number of carbonyl (C=O) groups is 2. The van der Waals surface area contributed by atoms with E-state index in [9.17, 15) is 24.9 Å². The molecule has 7 atom stereocenters. The molecule has 168 valence electrons. The third-order valence-corrected chi connectivity index (χ3v) is 8.29. The Kier molecular flexibility index (Phi) is 8.28. The van der Waals surface area contributed by atoms with Gasteiger partial charge in [-0.15, -0.1) is 0 Å². The standard InChI is InChI=1S/C23H40O6/c1-5-23(14-25)12-19(29-20(27)13-24)22(4,17-10-7-11-18(17)26)16(3)9-6-8-15(2)21(23)28/h15-17,19,21,24-25,28H,5-14H2,1-4H3/t15?,16-,17?,19-,21?,22-,23-/m1/s1. The van der Waals surface area contributed by atoms with Gasteiger partial charge in [-0.2, -0.15) is 0 Å². The summed E-state index contributed by atoms with van der Waals surface area (Å²) in [6.45, 7) is 7.16. The van der Waals surface area contributed by atoms with E-state index in [0.717, 1.165) is 32.1 Å². The highest BCUT2D eigenvalue weighted by atomic mass is 16.6. The summed E-state index contributed by atoms with van der Waals surface area (Å²) in [7, 11) is 0. The molecule has 0 saturated heterocycles. The van der Waals surface area contributed by atoms with Crippen LogP contribution in [0.15, 0.2) is 0 Å². The van der Waals surface area contributed by atoms with E-state index in [1.54, 1.807) is 0 Å². The van der Waals surface area contributed by atoms with Crippen LogP contribution >= 0.6 is 0 Å². The Morgan fingerprint density at radius 1 is 1.17 bits per heavy atom. The molecule has 2 aliphatic rings. The van der Waals surface area contributed by atoms with Crippen LogP contribution in [-0.2, 0) is 14.3 Å². The van der Waals surface area contributed by atoms with Crippen LogP contribution < -0.4 is 0 Å². The van der Waals surface area contributed by atoms with E-state index < -0.39 is 35.6 Å². The summed E-state index contributed by atoms with van der Waals surface area (Å²) in [6.07, 6.45) is 4.21. The van der Waals surface area contributed by atoms with Gasteiger partial charge in [0.05, 0.1) is 12.7 Å². The molecular formula is C23H40O6. The molecule has 0 heterocycles. The van der Waals surface area contributed by atoms with Crippen molar-refractivity contribution in [2.24, 2.45) is 28.6 Å². The van der Waals surface area contributed by atoms with Crippen molar-refractivity contribution in [2.45, 2.75) is 91.3 Å². The molecule has 0 amide bonds. The summed E-state index contributed by atoms with van der Waals surface area (Å²) in [5, 5.41) is 30.9. The Morgan fingerprint density at radius 2 is 1.86 bits per heavy atom. The number of carbonyl (C=O) groups excluding carboxylic acids is 2. The van der Waals surface area contributed by atoms with Crippen molar-refractivity contribution >= 4 is 11.8 Å². The van der Waals surface area contributed by atoms with Gasteiger partial charge < -0.3 is 20.1 Å². The Balaban J connectivity index is 2.57. The van der Waals surface area contributed by atoms with Crippen LogP contribution in [0.3, 0.4) is 0 Å². The topological polar surface area (TPSA) is 104 Å². The predicted molar refractivity (Wildman–Crippen MR) is 110 cm³/mol. The molecule has 6 heteroatoms. The minimum absolute atomic E-state index is 0.0148. The Morgan fingerprint density at radius 3 is 2.38 bits per heavy atom. The second-order valence-electron chi connectivity index (χ2n) is 9.75. The van der Waals surface area contributed by atoms with Gasteiger partial charge in [0.25, 0.3) is 0 Å². The van der Waals surface area contributed by atoms with Gasteiger partial charge in [0, 0.05) is 23.2 Å². The molecule has 0 aromatic rings. The van der Waals surface area contributed by atoms with Gasteiger partial charge >= 0.3 is 5.97 Å². The average molecular weight is 413 g/mol. The fourth-order valence-electron chi connectivity index (χ4n) is 5.87. The Bertz CT molecular complexity index is 572. The number of aliphatic hydroxyl groups excluding tert-OH is 3. The molecular weight excluding hydrogens is 372 g/mol. The van der Waals surface area contributed by atoms with Crippen LogP contribution in [0.1, 0.15) is 79.1 Å². The van der Waals surface area contributed by atoms with Crippen molar-refractivity contribution in [1.82, 2.24) is 0 Å². The maximum absolute atomic E-state index is 12.8. The lowest BCUT2D eigenvalue weighted by Gasteiger charge is -2.50. The zero-order valence-electron chi connectivity index (χ0n) is 18.5. The highest BCUT2D eigenvalue weighted by molar-refractivity contribution is 5.84. The third kappa shape index (κ3) is 4.70. The molecule has 6 nitrogen and oxygen atoms in total. The van der Waals surface area contributed by atoms with Crippen molar-refractivity contribution < 1.29 is 29.6 Å². The number of esters is 1. The van der Waals surface area contributed by atoms with E-state index in [1.165, 1.54) is 0 Å². The quantitative estimate of drug-likeness (QED) is 0.600. The summed E-state index contributed by atoms with van der Waals surface area (Å²) < 4.78 is 5.80. The predicted octanol–water partition coefficient (Wildman–Crippen LogP) is 2.86. The summed E-state index contributed by atoms with van der Waals surface area (Å²) in [5.74, 6) is -0.582. The Labute approximate surface area is 175 Å². The van der Waals surface area contributed by atoms with Gasteiger partial charge in [0.1, 0.15) is 18.5 Å². The van der Waals surface area contributed by atoms with Gasteiger partial charge in [-0.05, 0) is 43.9 Å².